The lowest BCUT2D eigenvalue weighted by atomic mass is 10.1. The molecule has 0 aliphatic rings. The lowest BCUT2D eigenvalue weighted by Crippen LogP contribution is -2.07. The third-order valence-electron chi connectivity index (χ3n) is 2.16. The quantitative estimate of drug-likeness (QED) is 0.847. The van der Waals surface area contributed by atoms with Gasteiger partial charge < -0.3 is 9.84 Å². The lowest BCUT2D eigenvalue weighted by molar-refractivity contribution is -0.143. The zero-order chi connectivity index (χ0) is 12.0. The molecule has 4 heteroatoms. The van der Waals surface area contributed by atoms with Gasteiger partial charge in [0.15, 0.2) is 0 Å². The number of aliphatic hydroxyl groups is 1. The average Bonchev–Trinajstić information content (AvgIpc) is 2.26. The topological polar surface area (TPSA) is 46.5 Å². The fraction of sp³-hybridized carbons (Fsp3) is 0.417. The highest BCUT2D eigenvalue weighted by Crippen LogP contribution is 2.21. The lowest BCUT2D eigenvalue weighted by Gasteiger charge is -2.10. The van der Waals surface area contributed by atoms with E-state index in [0.29, 0.717) is 13.0 Å². The van der Waals surface area contributed by atoms with Crippen LogP contribution in [-0.2, 0) is 9.53 Å². The van der Waals surface area contributed by atoms with Gasteiger partial charge in [-0.3, -0.25) is 4.79 Å². The van der Waals surface area contributed by atoms with Crippen LogP contribution in [0.1, 0.15) is 31.4 Å². The molecule has 0 saturated carbocycles. The molecule has 1 rings (SSSR count). The zero-order valence-corrected chi connectivity index (χ0v) is 10.7. The Bertz CT molecular complexity index is 352. The summed E-state index contributed by atoms with van der Waals surface area (Å²) < 4.78 is 5.71. The molecule has 0 amide bonds. The molecule has 88 valence electrons. The molecule has 3 nitrogen and oxygen atoms in total. The van der Waals surface area contributed by atoms with Gasteiger partial charge in [-0.2, -0.15) is 0 Å². The molecular weight excluding hydrogens is 272 g/mol. The van der Waals surface area contributed by atoms with E-state index in [0.717, 1.165) is 10.0 Å². The minimum atomic E-state index is -0.623. The molecule has 0 spiro atoms. The smallest absolute Gasteiger partial charge is 0.305 e. The Morgan fingerprint density at radius 2 is 2.31 bits per heavy atom. The Hall–Kier alpha value is -0.870. The fourth-order valence-electron chi connectivity index (χ4n) is 1.37. The number of ether oxygens (including phenoxy) is 1. The van der Waals surface area contributed by atoms with Gasteiger partial charge in [-0.05, 0) is 31.0 Å². The molecule has 0 fully saturated rings. The average molecular weight is 287 g/mol. The third-order valence-corrected chi connectivity index (χ3v) is 2.65. The summed E-state index contributed by atoms with van der Waals surface area (Å²) in [6, 6.07) is 7.42. The van der Waals surface area contributed by atoms with Gasteiger partial charge in [0.2, 0.25) is 0 Å². The minimum Gasteiger partial charge on any atom is -0.466 e. The van der Waals surface area contributed by atoms with Gasteiger partial charge >= 0.3 is 5.97 Å². The molecule has 1 unspecified atom stereocenters. The molecule has 1 aromatic carbocycles. The number of aliphatic hydroxyl groups excluding tert-OH is 1. The Morgan fingerprint density at radius 3 is 2.94 bits per heavy atom. The molecule has 0 radical (unpaired) electrons. The van der Waals surface area contributed by atoms with Gasteiger partial charge in [-0.1, -0.05) is 28.1 Å². The molecule has 0 aromatic heterocycles. The molecule has 16 heavy (non-hydrogen) atoms. The van der Waals surface area contributed by atoms with Crippen molar-refractivity contribution in [2.45, 2.75) is 25.9 Å². The van der Waals surface area contributed by atoms with Crippen molar-refractivity contribution in [2.75, 3.05) is 6.61 Å². The van der Waals surface area contributed by atoms with Crippen LogP contribution >= 0.6 is 15.9 Å². The van der Waals surface area contributed by atoms with E-state index in [4.69, 9.17) is 4.74 Å². The Morgan fingerprint density at radius 1 is 1.56 bits per heavy atom. The second kappa shape index (κ2) is 6.66. The highest BCUT2D eigenvalue weighted by atomic mass is 79.9. The van der Waals surface area contributed by atoms with Crippen molar-refractivity contribution >= 4 is 21.9 Å². The number of halogens is 1. The first-order valence-corrected chi connectivity index (χ1v) is 6.02. The number of hydrogen-bond acceptors (Lipinski definition) is 3. The van der Waals surface area contributed by atoms with Crippen LogP contribution in [0, 0.1) is 0 Å². The van der Waals surface area contributed by atoms with Crippen LogP contribution in [0.2, 0.25) is 0 Å². The summed E-state index contributed by atoms with van der Waals surface area (Å²) in [5.41, 5.74) is 0.804. The Labute approximate surface area is 104 Å². The van der Waals surface area contributed by atoms with E-state index in [1.54, 1.807) is 6.92 Å². The van der Waals surface area contributed by atoms with E-state index in [2.05, 4.69) is 15.9 Å². The van der Waals surface area contributed by atoms with Crippen LogP contribution in [0.15, 0.2) is 28.7 Å². The predicted molar refractivity (Wildman–Crippen MR) is 65.0 cm³/mol. The largest absolute Gasteiger partial charge is 0.466 e. The van der Waals surface area contributed by atoms with Gasteiger partial charge in [-0.15, -0.1) is 0 Å². The van der Waals surface area contributed by atoms with Crippen LogP contribution < -0.4 is 0 Å². The fourth-order valence-corrected chi connectivity index (χ4v) is 1.79. The zero-order valence-electron chi connectivity index (χ0n) is 9.15. The molecule has 1 N–H and O–H groups in total. The van der Waals surface area contributed by atoms with E-state index in [1.807, 2.05) is 24.3 Å². The van der Waals surface area contributed by atoms with Gasteiger partial charge in [0.1, 0.15) is 0 Å². The van der Waals surface area contributed by atoms with E-state index in [9.17, 15) is 9.90 Å². The van der Waals surface area contributed by atoms with Crippen molar-refractivity contribution in [3.8, 4) is 0 Å². The maximum absolute atomic E-state index is 11.1. The number of benzene rings is 1. The summed E-state index contributed by atoms with van der Waals surface area (Å²) in [5, 5.41) is 9.83. The van der Waals surface area contributed by atoms with Gasteiger partial charge in [0.05, 0.1) is 12.7 Å². The van der Waals surface area contributed by atoms with Crippen molar-refractivity contribution in [2.24, 2.45) is 0 Å². The van der Waals surface area contributed by atoms with Crippen molar-refractivity contribution in [1.29, 1.82) is 0 Å². The molecule has 0 saturated heterocycles. The molecule has 0 bridgehead atoms. The molecule has 1 atom stereocenters. The van der Waals surface area contributed by atoms with Crippen LogP contribution in [0.5, 0.6) is 0 Å². The van der Waals surface area contributed by atoms with Gasteiger partial charge in [0, 0.05) is 10.9 Å². The van der Waals surface area contributed by atoms with E-state index in [1.165, 1.54) is 0 Å². The second-order valence-corrected chi connectivity index (χ2v) is 4.33. The monoisotopic (exact) mass is 286 g/mol. The number of carbonyl (C=O) groups is 1. The molecule has 1 aromatic rings. The third kappa shape index (κ3) is 4.33. The van der Waals surface area contributed by atoms with E-state index >= 15 is 0 Å². The molecule has 0 heterocycles. The highest BCUT2D eigenvalue weighted by molar-refractivity contribution is 9.10. The summed E-state index contributed by atoms with van der Waals surface area (Å²) in [5.74, 6) is -0.267. The minimum absolute atomic E-state index is 0.238. The SMILES string of the molecule is CCOC(=O)CCC(O)c1cccc(Br)c1. The molecule has 0 aliphatic heterocycles. The van der Waals surface area contributed by atoms with Crippen LogP contribution in [-0.4, -0.2) is 17.7 Å². The number of esters is 1. The molecular formula is C12H15BrO3. The summed E-state index contributed by atoms with van der Waals surface area (Å²) >= 11 is 3.33. The van der Waals surface area contributed by atoms with Crippen molar-refractivity contribution in [3.05, 3.63) is 34.3 Å². The van der Waals surface area contributed by atoms with Crippen LogP contribution in [0.25, 0.3) is 0 Å². The first kappa shape index (κ1) is 13.2. The first-order chi connectivity index (χ1) is 7.63. The van der Waals surface area contributed by atoms with Crippen LogP contribution in [0.4, 0.5) is 0 Å². The van der Waals surface area contributed by atoms with Crippen molar-refractivity contribution in [1.82, 2.24) is 0 Å². The van der Waals surface area contributed by atoms with Crippen molar-refractivity contribution < 1.29 is 14.6 Å². The maximum atomic E-state index is 11.1. The van der Waals surface area contributed by atoms with Gasteiger partial charge in [-0.25, -0.2) is 0 Å². The summed E-state index contributed by atoms with van der Waals surface area (Å²) in [4.78, 5) is 11.1. The van der Waals surface area contributed by atoms with E-state index in [-0.39, 0.29) is 12.4 Å². The number of rotatable bonds is 5. The number of hydrogen-bond donors (Lipinski definition) is 1. The second-order valence-electron chi connectivity index (χ2n) is 3.41. The maximum Gasteiger partial charge on any atom is 0.305 e. The summed E-state index contributed by atoms with van der Waals surface area (Å²) in [7, 11) is 0. The predicted octanol–water partition coefficient (Wildman–Crippen LogP) is 2.83. The van der Waals surface area contributed by atoms with Crippen LogP contribution in [0.3, 0.4) is 0 Å². The van der Waals surface area contributed by atoms with Crippen molar-refractivity contribution in [3.63, 3.8) is 0 Å². The standard InChI is InChI=1S/C12H15BrO3/c1-2-16-12(15)7-6-11(14)9-4-3-5-10(13)8-9/h3-5,8,11,14H,2,6-7H2,1H3. The Kier molecular flexibility index (Phi) is 5.49. The van der Waals surface area contributed by atoms with Gasteiger partial charge in [0.25, 0.3) is 0 Å². The first-order valence-electron chi connectivity index (χ1n) is 5.22. The molecule has 0 aliphatic carbocycles. The van der Waals surface area contributed by atoms with E-state index < -0.39 is 6.10 Å². The summed E-state index contributed by atoms with van der Waals surface area (Å²) in [6.07, 6.45) is -0.00140. The number of carbonyl (C=O) groups excluding carboxylic acids is 1. The Balaban J connectivity index is 2.46. The normalized spacial score (nSPS) is 12.2. The summed E-state index contributed by atoms with van der Waals surface area (Å²) in [6.45, 7) is 2.15. The highest BCUT2D eigenvalue weighted by Gasteiger charge is 2.11.